The molecule has 66 valence electrons. The van der Waals surface area contributed by atoms with E-state index in [4.69, 9.17) is 16.3 Å². The Labute approximate surface area is 79.9 Å². The third kappa shape index (κ3) is 0.937. The van der Waals surface area contributed by atoms with Crippen LogP contribution in [0, 0.1) is 0 Å². The van der Waals surface area contributed by atoms with Crippen molar-refractivity contribution < 1.29 is 4.74 Å². The molecular weight excluding hydrogens is 188 g/mol. The number of ether oxygens (including phenoxy) is 1. The average Bonchev–Trinajstić information content (AvgIpc) is 2.64. The minimum atomic E-state index is 0.706. The van der Waals surface area contributed by atoms with E-state index >= 15 is 0 Å². The molecule has 0 unspecified atom stereocenters. The molecule has 1 aromatic carbocycles. The fraction of sp³-hybridized carbons (Fsp3) is 0.222. The molecule has 2 aromatic rings. The molecule has 0 saturated carbocycles. The zero-order valence-corrected chi connectivity index (χ0v) is 7.58. The molecule has 13 heavy (non-hydrogen) atoms. The molecule has 0 bridgehead atoms. The van der Waals surface area contributed by atoms with Crippen LogP contribution in [0.15, 0.2) is 18.2 Å². The van der Waals surface area contributed by atoms with E-state index in [1.54, 1.807) is 0 Å². The van der Waals surface area contributed by atoms with Crippen molar-refractivity contribution >= 4 is 22.6 Å². The number of aromatic nitrogens is 2. The largest absolute Gasteiger partial charge is 0.463 e. The van der Waals surface area contributed by atoms with Gasteiger partial charge in [0, 0.05) is 5.02 Å². The zero-order valence-electron chi connectivity index (χ0n) is 6.83. The van der Waals surface area contributed by atoms with Crippen LogP contribution >= 0.6 is 11.6 Å². The van der Waals surface area contributed by atoms with Gasteiger partial charge in [-0.05, 0) is 18.2 Å². The van der Waals surface area contributed by atoms with Gasteiger partial charge in [0.15, 0.2) is 0 Å². The van der Waals surface area contributed by atoms with Crippen molar-refractivity contribution in [1.29, 1.82) is 0 Å². The topological polar surface area (TPSA) is 27.1 Å². The molecule has 1 aliphatic heterocycles. The minimum Gasteiger partial charge on any atom is -0.463 e. The monoisotopic (exact) mass is 194 g/mol. The molecule has 1 aliphatic rings. The lowest BCUT2D eigenvalue weighted by atomic mass is 10.3. The van der Waals surface area contributed by atoms with Crippen LogP contribution in [0.3, 0.4) is 0 Å². The average molecular weight is 195 g/mol. The molecule has 0 radical (unpaired) electrons. The van der Waals surface area contributed by atoms with Crippen LogP contribution in [-0.2, 0) is 6.54 Å². The van der Waals surface area contributed by atoms with Gasteiger partial charge in [-0.1, -0.05) is 11.6 Å². The Morgan fingerprint density at radius 1 is 1.46 bits per heavy atom. The highest BCUT2D eigenvalue weighted by molar-refractivity contribution is 6.31. The van der Waals surface area contributed by atoms with E-state index in [1.807, 2.05) is 22.8 Å². The Balaban J connectivity index is 2.40. The number of fused-ring (bicyclic) bond motifs is 3. The molecule has 0 fully saturated rings. The third-order valence-corrected chi connectivity index (χ3v) is 2.46. The van der Waals surface area contributed by atoms with E-state index in [-0.39, 0.29) is 0 Å². The van der Waals surface area contributed by atoms with Crippen LogP contribution in [0.2, 0.25) is 5.02 Å². The quantitative estimate of drug-likeness (QED) is 0.642. The van der Waals surface area contributed by atoms with Gasteiger partial charge in [0.1, 0.15) is 6.61 Å². The molecule has 3 rings (SSSR count). The number of nitrogens with zero attached hydrogens (tertiary/aromatic N) is 2. The van der Waals surface area contributed by atoms with E-state index in [0.29, 0.717) is 12.6 Å². The SMILES string of the molecule is Clc1ccc2nc3n(c2c1)CCO3. The molecule has 4 heteroatoms. The number of imidazole rings is 1. The maximum absolute atomic E-state index is 5.90. The summed E-state index contributed by atoms with van der Waals surface area (Å²) >= 11 is 5.90. The smallest absolute Gasteiger partial charge is 0.297 e. The van der Waals surface area contributed by atoms with Crippen LogP contribution < -0.4 is 4.74 Å². The van der Waals surface area contributed by atoms with Gasteiger partial charge in [-0.15, -0.1) is 0 Å². The first-order valence-electron chi connectivity index (χ1n) is 4.13. The van der Waals surface area contributed by atoms with Gasteiger partial charge in [-0.3, -0.25) is 4.57 Å². The first kappa shape index (κ1) is 7.21. The van der Waals surface area contributed by atoms with Crippen molar-refractivity contribution in [1.82, 2.24) is 9.55 Å². The third-order valence-electron chi connectivity index (χ3n) is 2.22. The van der Waals surface area contributed by atoms with Gasteiger partial charge in [0.25, 0.3) is 6.01 Å². The van der Waals surface area contributed by atoms with Crippen molar-refractivity contribution in [2.45, 2.75) is 6.54 Å². The Morgan fingerprint density at radius 3 is 3.31 bits per heavy atom. The molecule has 0 N–H and O–H groups in total. The lowest BCUT2D eigenvalue weighted by molar-refractivity contribution is 0.346. The second-order valence-corrected chi connectivity index (χ2v) is 3.46. The molecule has 2 heterocycles. The van der Waals surface area contributed by atoms with Gasteiger partial charge in [-0.25, -0.2) is 0 Å². The predicted molar refractivity (Wildman–Crippen MR) is 50.2 cm³/mol. The van der Waals surface area contributed by atoms with Crippen molar-refractivity contribution in [3.8, 4) is 6.01 Å². The van der Waals surface area contributed by atoms with Gasteiger partial charge in [0.2, 0.25) is 0 Å². The number of rotatable bonds is 0. The van der Waals surface area contributed by atoms with Gasteiger partial charge < -0.3 is 4.74 Å². The molecular formula is C9H7ClN2O. The summed E-state index contributed by atoms with van der Waals surface area (Å²) in [4.78, 5) is 4.32. The Hall–Kier alpha value is -1.22. The molecule has 1 aromatic heterocycles. The number of hydrogen-bond donors (Lipinski definition) is 0. The number of halogens is 1. The van der Waals surface area contributed by atoms with Crippen LogP contribution in [0.4, 0.5) is 0 Å². The normalized spacial score (nSPS) is 14.5. The van der Waals surface area contributed by atoms with Crippen molar-refractivity contribution in [2.24, 2.45) is 0 Å². The summed E-state index contributed by atoms with van der Waals surface area (Å²) in [5.41, 5.74) is 2.00. The lowest BCUT2D eigenvalue weighted by Crippen LogP contribution is -1.92. The maximum Gasteiger partial charge on any atom is 0.297 e. The standard InChI is InChI=1S/C9H7ClN2O/c10-6-1-2-7-8(5-6)12-3-4-13-9(12)11-7/h1-2,5H,3-4H2. The van der Waals surface area contributed by atoms with Crippen LogP contribution in [0.1, 0.15) is 0 Å². The van der Waals surface area contributed by atoms with Crippen molar-refractivity contribution in [3.05, 3.63) is 23.2 Å². The van der Waals surface area contributed by atoms with Crippen LogP contribution in [0.5, 0.6) is 6.01 Å². The Bertz CT molecular complexity index is 478. The summed E-state index contributed by atoms with van der Waals surface area (Å²) in [6.07, 6.45) is 0. The van der Waals surface area contributed by atoms with Crippen LogP contribution in [-0.4, -0.2) is 16.2 Å². The zero-order chi connectivity index (χ0) is 8.84. The van der Waals surface area contributed by atoms with Gasteiger partial charge in [0.05, 0.1) is 17.6 Å². The summed E-state index contributed by atoms with van der Waals surface area (Å²) in [5, 5.41) is 0.738. The molecule has 0 spiro atoms. The van der Waals surface area contributed by atoms with Gasteiger partial charge >= 0.3 is 0 Å². The predicted octanol–water partition coefficient (Wildman–Crippen LogP) is 2.08. The van der Waals surface area contributed by atoms with Crippen molar-refractivity contribution in [2.75, 3.05) is 6.61 Å². The highest BCUT2D eigenvalue weighted by atomic mass is 35.5. The summed E-state index contributed by atoms with van der Waals surface area (Å²) in [6.45, 7) is 1.58. The summed E-state index contributed by atoms with van der Waals surface area (Å²) in [7, 11) is 0. The fourth-order valence-corrected chi connectivity index (χ4v) is 1.79. The first-order valence-corrected chi connectivity index (χ1v) is 4.51. The summed E-state index contributed by atoms with van der Waals surface area (Å²) < 4.78 is 7.37. The summed E-state index contributed by atoms with van der Waals surface area (Å²) in [6, 6.07) is 6.37. The Kier molecular flexibility index (Phi) is 1.32. The highest BCUT2D eigenvalue weighted by Crippen LogP contribution is 2.26. The van der Waals surface area contributed by atoms with E-state index in [2.05, 4.69) is 4.98 Å². The number of benzene rings is 1. The molecule has 0 atom stereocenters. The summed E-state index contributed by atoms with van der Waals surface area (Å²) in [5.74, 6) is 0. The van der Waals surface area contributed by atoms with Crippen LogP contribution in [0.25, 0.3) is 11.0 Å². The first-order chi connectivity index (χ1) is 6.34. The maximum atomic E-state index is 5.90. The molecule has 3 nitrogen and oxygen atoms in total. The highest BCUT2D eigenvalue weighted by Gasteiger charge is 2.16. The Morgan fingerprint density at radius 2 is 2.38 bits per heavy atom. The van der Waals surface area contributed by atoms with E-state index in [9.17, 15) is 0 Å². The van der Waals surface area contributed by atoms with E-state index in [0.717, 1.165) is 22.6 Å². The van der Waals surface area contributed by atoms with Gasteiger partial charge in [-0.2, -0.15) is 4.98 Å². The molecule has 0 saturated heterocycles. The second kappa shape index (κ2) is 2.39. The fourth-order valence-electron chi connectivity index (χ4n) is 1.63. The molecule has 0 aliphatic carbocycles. The van der Waals surface area contributed by atoms with E-state index in [1.165, 1.54) is 0 Å². The number of hydrogen-bond acceptors (Lipinski definition) is 2. The lowest BCUT2D eigenvalue weighted by Gasteiger charge is -1.95. The van der Waals surface area contributed by atoms with Crippen molar-refractivity contribution in [3.63, 3.8) is 0 Å². The molecule has 0 amide bonds. The van der Waals surface area contributed by atoms with E-state index < -0.39 is 0 Å². The second-order valence-electron chi connectivity index (χ2n) is 3.03. The minimum absolute atomic E-state index is 0.706.